The highest BCUT2D eigenvalue weighted by Gasteiger charge is 2.25. The number of piperidine rings is 1. The fourth-order valence-electron chi connectivity index (χ4n) is 8.46. The van der Waals surface area contributed by atoms with E-state index in [2.05, 4.69) is 25.7 Å². The van der Waals surface area contributed by atoms with Crippen molar-refractivity contribution in [2.75, 3.05) is 44.1 Å². The van der Waals surface area contributed by atoms with Crippen LogP contribution < -0.4 is 34.5 Å². The number of rotatable bonds is 16. The highest BCUT2D eigenvalue weighted by atomic mass is 16.5. The van der Waals surface area contributed by atoms with Crippen LogP contribution in [0, 0.1) is 5.92 Å². The molecule has 1 aliphatic heterocycles. The van der Waals surface area contributed by atoms with Crippen molar-refractivity contribution in [3.63, 3.8) is 0 Å². The molecule has 2 saturated carbocycles. The number of nitrogens with zero attached hydrogens (tertiary/aromatic N) is 3. The Bertz CT molecular complexity index is 2240. The zero-order chi connectivity index (χ0) is 43.3. The molecule has 326 valence electrons. The van der Waals surface area contributed by atoms with Gasteiger partial charge in [-0.3, -0.25) is 0 Å². The molecular formula is C49H57N5O8. The lowest BCUT2D eigenvalue weighted by molar-refractivity contribution is 0.0686. The molecule has 13 heteroatoms. The molecular weight excluding hydrogens is 787 g/mol. The average molecular weight is 844 g/mol. The quantitative estimate of drug-likeness (QED) is 0.0743. The second-order valence-electron chi connectivity index (χ2n) is 16.1. The summed E-state index contributed by atoms with van der Waals surface area (Å²) in [5.41, 5.74) is 4.68. The van der Waals surface area contributed by atoms with E-state index in [0.29, 0.717) is 34.4 Å². The average Bonchev–Trinajstić information content (AvgIpc) is 4.03. The third kappa shape index (κ3) is 11.5. The van der Waals surface area contributed by atoms with Crippen LogP contribution in [0.4, 0.5) is 17.1 Å². The molecule has 13 nitrogen and oxygen atoms in total. The lowest BCUT2D eigenvalue weighted by Crippen LogP contribution is -2.34. The third-order valence-electron chi connectivity index (χ3n) is 11.8. The van der Waals surface area contributed by atoms with Crippen molar-refractivity contribution in [3.05, 3.63) is 126 Å². The van der Waals surface area contributed by atoms with E-state index in [4.69, 9.17) is 18.9 Å². The summed E-state index contributed by atoms with van der Waals surface area (Å²) in [4.78, 5) is 25.2. The molecule has 4 N–H and O–H groups in total. The van der Waals surface area contributed by atoms with Crippen LogP contribution in [0.15, 0.2) is 103 Å². The molecule has 1 saturated heterocycles. The summed E-state index contributed by atoms with van der Waals surface area (Å²) in [5.74, 6) is 1.52. The number of methoxy groups -OCH3 is 2. The Balaban J connectivity index is 0.000000186. The molecule has 1 atom stereocenters. The van der Waals surface area contributed by atoms with Crippen LogP contribution in [-0.4, -0.2) is 78.4 Å². The smallest absolute Gasteiger partial charge is 0.335 e. The minimum atomic E-state index is -0.976. The molecule has 8 rings (SSSR count). The Hall–Kier alpha value is -6.34. The van der Waals surface area contributed by atoms with Crippen molar-refractivity contribution in [1.82, 2.24) is 15.5 Å². The Morgan fingerprint density at radius 2 is 1.29 bits per heavy atom. The van der Waals surface area contributed by atoms with Gasteiger partial charge in [0, 0.05) is 35.9 Å². The molecule has 3 fully saturated rings. The minimum Gasteiger partial charge on any atom is -0.493 e. The van der Waals surface area contributed by atoms with Gasteiger partial charge in [0.1, 0.15) is 0 Å². The molecule has 2 aliphatic carbocycles. The van der Waals surface area contributed by atoms with E-state index in [1.54, 1.807) is 50.7 Å². The van der Waals surface area contributed by atoms with Gasteiger partial charge in [0.15, 0.2) is 23.0 Å². The van der Waals surface area contributed by atoms with Crippen LogP contribution in [0.1, 0.15) is 102 Å². The van der Waals surface area contributed by atoms with Crippen LogP contribution in [0.3, 0.4) is 0 Å². The summed E-state index contributed by atoms with van der Waals surface area (Å²) >= 11 is 0. The highest BCUT2D eigenvalue weighted by molar-refractivity contribution is 5.89. The maximum Gasteiger partial charge on any atom is 0.335 e. The number of benzene rings is 4. The van der Waals surface area contributed by atoms with Gasteiger partial charge in [-0.05, 0) is 162 Å². The van der Waals surface area contributed by atoms with Gasteiger partial charge in [0.05, 0.1) is 49.3 Å². The first-order valence-corrected chi connectivity index (χ1v) is 21.7. The largest absolute Gasteiger partial charge is 0.493 e. The van der Waals surface area contributed by atoms with Crippen molar-refractivity contribution in [3.8, 4) is 23.0 Å². The lowest BCUT2D eigenvalue weighted by atomic mass is 9.96. The first kappa shape index (κ1) is 43.7. The Morgan fingerprint density at radius 1 is 0.694 bits per heavy atom. The van der Waals surface area contributed by atoms with E-state index in [1.165, 1.54) is 25.7 Å². The van der Waals surface area contributed by atoms with Crippen molar-refractivity contribution in [2.24, 2.45) is 5.92 Å². The lowest BCUT2D eigenvalue weighted by Gasteiger charge is -2.32. The van der Waals surface area contributed by atoms with Gasteiger partial charge < -0.3 is 44.7 Å². The van der Waals surface area contributed by atoms with Crippen LogP contribution in [0.2, 0.25) is 0 Å². The van der Waals surface area contributed by atoms with E-state index in [0.717, 1.165) is 86.6 Å². The number of anilines is 3. The second-order valence-corrected chi connectivity index (χ2v) is 16.1. The number of nitrogens with one attached hydrogen (secondary N) is 2. The standard InChI is InChI=1S/C25H32N2O4.C24H25N3O4/c1-30-23-10-9-21(16-24(23)31-22-7-2-3-8-22)27(17-18-11-13-26-14-12-18)20-6-4-5-19(15-20)25(28)29;1-30-21-12-11-16(15-22(21)31-19-8-2-3-9-19)23(20-10-5-13-25-27-20)26-18-7-4-6-17(14-18)24(28)29/h4-6,9-10,15-16,18,22,26H,2-3,7-8,11-14,17H2,1H3,(H,28,29);4-7,10-15,19,23,26H,2-3,8-9H2,1H3,(H,28,29). The molecule has 1 unspecified atom stereocenters. The Labute approximate surface area is 363 Å². The predicted octanol–water partition coefficient (Wildman–Crippen LogP) is 9.56. The molecule has 0 spiro atoms. The molecule has 0 radical (unpaired) electrons. The van der Waals surface area contributed by atoms with E-state index in [-0.39, 0.29) is 23.8 Å². The fraction of sp³-hybridized carbons (Fsp3) is 0.388. The summed E-state index contributed by atoms with van der Waals surface area (Å²) in [6.45, 7) is 2.87. The first-order valence-electron chi connectivity index (χ1n) is 21.7. The molecule has 4 aromatic carbocycles. The molecule has 3 aliphatic rings. The molecule has 62 heavy (non-hydrogen) atoms. The summed E-state index contributed by atoms with van der Waals surface area (Å²) < 4.78 is 23.7. The molecule has 5 aromatic rings. The van der Waals surface area contributed by atoms with Crippen LogP contribution in [0.25, 0.3) is 0 Å². The number of carbonyl (C=O) groups is 2. The summed E-state index contributed by atoms with van der Waals surface area (Å²) in [6, 6.07) is 29.1. The minimum absolute atomic E-state index is 0.194. The number of carboxylic acids is 2. The summed E-state index contributed by atoms with van der Waals surface area (Å²) in [5, 5.41) is 33.9. The SMILES string of the molecule is COc1ccc(C(Nc2cccc(C(=O)O)c2)c2cccnn2)cc1OC1CCCC1.COc1ccc(N(CC2CCNCC2)c2cccc(C(=O)O)c2)cc1OC1CCCC1. The molecule has 2 heterocycles. The van der Waals surface area contributed by atoms with Crippen LogP contribution in [-0.2, 0) is 0 Å². The van der Waals surface area contributed by atoms with Gasteiger partial charge in [0.2, 0.25) is 0 Å². The Kier molecular flexibility index (Phi) is 15.1. The van der Waals surface area contributed by atoms with E-state index in [9.17, 15) is 19.8 Å². The van der Waals surface area contributed by atoms with Crippen LogP contribution >= 0.6 is 0 Å². The molecule has 0 amide bonds. The predicted molar refractivity (Wildman–Crippen MR) is 239 cm³/mol. The van der Waals surface area contributed by atoms with Crippen LogP contribution in [0.5, 0.6) is 23.0 Å². The van der Waals surface area contributed by atoms with Crippen molar-refractivity contribution < 1.29 is 38.7 Å². The number of hydrogen-bond donors (Lipinski definition) is 4. The number of carboxylic acid groups (broad SMARTS) is 2. The van der Waals surface area contributed by atoms with Crippen molar-refractivity contribution in [2.45, 2.75) is 82.5 Å². The number of aromatic carboxylic acids is 2. The van der Waals surface area contributed by atoms with E-state index < -0.39 is 11.9 Å². The molecule has 1 aromatic heterocycles. The first-order chi connectivity index (χ1) is 30.3. The van der Waals surface area contributed by atoms with Gasteiger partial charge in [-0.1, -0.05) is 18.2 Å². The van der Waals surface area contributed by atoms with Crippen molar-refractivity contribution in [1.29, 1.82) is 0 Å². The summed E-state index contributed by atoms with van der Waals surface area (Å²) in [7, 11) is 3.30. The topological polar surface area (TPSA) is 165 Å². The van der Waals surface area contributed by atoms with Gasteiger partial charge in [-0.2, -0.15) is 10.2 Å². The highest BCUT2D eigenvalue weighted by Crippen LogP contribution is 2.39. The van der Waals surface area contributed by atoms with E-state index in [1.807, 2.05) is 66.7 Å². The number of hydrogen-bond acceptors (Lipinski definition) is 11. The second kappa shape index (κ2) is 21.4. The van der Waals surface area contributed by atoms with E-state index >= 15 is 0 Å². The fourth-order valence-corrected chi connectivity index (χ4v) is 8.46. The monoisotopic (exact) mass is 843 g/mol. The van der Waals surface area contributed by atoms with Gasteiger partial charge >= 0.3 is 11.9 Å². The maximum absolute atomic E-state index is 11.6. The third-order valence-corrected chi connectivity index (χ3v) is 11.8. The van der Waals surface area contributed by atoms with Gasteiger partial charge in [-0.15, -0.1) is 0 Å². The van der Waals surface area contributed by atoms with Crippen molar-refractivity contribution >= 4 is 29.0 Å². The zero-order valence-corrected chi connectivity index (χ0v) is 35.5. The Morgan fingerprint density at radius 3 is 1.90 bits per heavy atom. The molecule has 0 bridgehead atoms. The summed E-state index contributed by atoms with van der Waals surface area (Å²) in [6.07, 6.45) is 13.3. The zero-order valence-electron chi connectivity index (χ0n) is 35.5. The maximum atomic E-state index is 11.6. The number of ether oxygens (including phenoxy) is 4. The normalized spacial score (nSPS) is 16.1. The number of aromatic nitrogens is 2. The van der Waals surface area contributed by atoms with Gasteiger partial charge in [-0.25, -0.2) is 9.59 Å². The van der Waals surface area contributed by atoms with Gasteiger partial charge in [0.25, 0.3) is 0 Å².